The zero-order valence-electron chi connectivity index (χ0n) is 14.1. The highest BCUT2D eigenvalue weighted by molar-refractivity contribution is 7.80. The minimum atomic E-state index is 0.536. The Morgan fingerprint density at radius 2 is 2.00 bits per heavy atom. The molecule has 128 valence electrons. The van der Waals surface area contributed by atoms with Gasteiger partial charge in [0.1, 0.15) is 0 Å². The Morgan fingerprint density at radius 1 is 1.23 bits per heavy atom. The number of nitrogens with zero attached hydrogens (tertiary/aromatic N) is 2. The summed E-state index contributed by atoms with van der Waals surface area (Å²) in [4.78, 5) is 5.02. The number of nitrogens with one attached hydrogen (secondary N) is 2. The summed E-state index contributed by atoms with van der Waals surface area (Å²) in [7, 11) is 0. The molecule has 0 spiro atoms. The quantitative estimate of drug-likeness (QED) is 0.710. The summed E-state index contributed by atoms with van der Waals surface area (Å²) in [6.07, 6.45) is 4.03. The van der Waals surface area contributed by atoms with Crippen LogP contribution in [0, 0.1) is 0 Å². The van der Waals surface area contributed by atoms with Gasteiger partial charge in [-0.3, -0.25) is 9.80 Å². The number of likely N-dealkylation sites (tertiary alicyclic amines) is 1. The van der Waals surface area contributed by atoms with Crippen LogP contribution >= 0.6 is 12.2 Å². The van der Waals surface area contributed by atoms with Gasteiger partial charge in [-0.25, -0.2) is 0 Å². The van der Waals surface area contributed by atoms with Crippen LogP contribution in [-0.2, 0) is 4.74 Å². The second-order valence-electron chi connectivity index (χ2n) is 6.52. The maximum absolute atomic E-state index is 5.39. The number of morpholine rings is 1. The van der Waals surface area contributed by atoms with Crippen molar-refractivity contribution in [2.75, 3.05) is 52.5 Å². The molecule has 0 radical (unpaired) electrons. The SMILES string of the molecule is CC1CCCCN1C(C)CNC(=S)NCCN1CCOCC1. The minimum Gasteiger partial charge on any atom is -0.379 e. The van der Waals surface area contributed by atoms with E-state index in [1.165, 1.54) is 25.8 Å². The maximum Gasteiger partial charge on any atom is 0.166 e. The minimum absolute atomic E-state index is 0.536. The summed E-state index contributed by atoms with van der Waals surface area (Å²) in [5, 5.41) is 7.47. The number of ether oxygens (including phenoxy) is 1. The van der Waals surface area contributed by atoms with Gasteiger partial charge in [-0.1, -0.05) is 6.42 Å². The molecule has 0 aliphatic carbocycles. The summed E-state index contributed by atoms with van der Waals surface area (Å²) in [6, 6.07) is 1.24. The van der Waals surface area contributed by atoms with Crippen LogP contribution in [0.5, 0.6) is 0 Å². The van der Waals surface area contributed by atoms with Crippen LogP contribution in [-0.4, -0.2) is 79.5 Å². The summed E-state index contributed by atoms with van der Waals surface area (Å²) in [5.41, 5.74) is 0. The molecule has 22 heavy (non-hydrogen) atoms. The van der Waals surface area contributed by atoms with Crippen LogP contribution in [0.1, 0.15) is 33.1 Å². The molecule has 0 aromatic rings. The zero-order chi connectivity index (χ0) is 15.8. The predicted molar refractivity (Wildman–Crippen MR) is 95.3 cm³/mol. The second-order valence-corrected chi connectivity index (χ2v) is 6.93. The third-order valence-electron chi connectivity index (χ3n) is 4.80. The average Bonchev–Trinajstić information content (AvgIpc) is 2.54. The van der Waals surface area contributed by atoms with Gasteiger partial charge in [0.15, 0.2) is 5.11 Å². The van der Waals surface area contributed by atoms with E-state index in [0.29, 0.717) is 12.1 Å². The highest BCUT2D eigenvalue weighted by Crippen LogP contribution is 2.18. The van der Waals surface area contributed by atoms with Crippen molar-refractivity contribution in [3.8, 4) is 0 Å². The molecule has 0 bridgehead atoms. The van der Waals surface area contributed by atoms with Crippen molar-refractivity contribution >= 4 is 17.3 Å². The molecule has 2 saturated heterocycles. The lowest BCUT2D eigenvalue weighted by Gasteiger charge is -2.38. The van der Waals surface area contributed by atoms with E-state index in [2.05, 4.69) is 34.3 Å². The van der Waals surface area contributed by atoms with Crippen molar-refractivity contribution < 1.29 is 4.74 Å². The van der Waals surface area contributed by atoms with E-state index in [0.717, 1.165) is 51.0 Å². The molecule has 2 rings (SSSR count). The molecule has 2 aliphatic rings. The van der Waals surface area contributed by atoms with Gasteiger partial charge in [0.25, 0.3) is 0 Å². The first kappa shape index (κ1) is 17.9. The molecule has 0 aromatic carbocycles. The van der Waals surface area contributed by atoms with E-state index in [1.807, 2.05) is 0 Å². The Bertz CT molecular complexity index is 336. The smallest absolute Gasteiger partial charge is 0.166 e. The fourth-order valence-corrected chi connectivity index (χ4v) is 3.53. The number of hydrogen-bond donors (Lipinski definition) is 2. The number of thiocarbonyl (C=S) groups is 1. The lowest BCUT2D eigenvalue weighted by atomic mass is 10.0. The number of hydrogen-bond acceptors (Lipinski definition) is 4. The predicted octanol–water partition coefficient (Wildman–Crippen LogP) is 1.05. The fraction of sp³-hybridized carbons (Fsp3) is 0.938. The van der Waals surface area contributed by atoms with Crippen molar-refractivity contribution in [3.63, 3.8) is 0 Å². The summed E-state index contributed by atoms with van der Waals surface area (Å²) in [6.45, 7) is 12.5. The first-order valence-corrected chi connectivity index (χ1v) is 9.15. The van der Waals surface area contributed by atoms with Crippen LogP contribution in [0.4, 0.5) is 0 Å². The maximum atomic E-state index is 5.39. The lowest BCUT2D eigenvalue weighted by molar-refractivity contribution is 0.0389. The lowest BCUT2D eigenvalue weighted by Crippen LogP contribution is -2.50. The van der Waals surface area contributed by atoms with Crippen molar-refractivity contribution in [3.05, 3.63) is 0 Å². The highest BCUT2D eigenvalue weighted by atomic mass is 32.1. The molecule has 0 amide bonds. The van der Waals surface area contributed by atoms with E-state index in [4.69, 9.17) is 17.0 Å². The molecule has 0 aromatic heterocycles. The number of piperidine rings is 1. The van der Waals surface area contributed by atoms with E-state index >= 15 is 0 Å². The first-order valence-electron chi connectivity index (χ1n) is 8.74. The van der Waals surface area contributed by atoms with Crippen molar-refractivity contribution in [1.82, 2.24) is 20.4 Å². The third-order valence-corrected chi connectivity index (χ3v) is 5.08. The van der Waals surface area contributed by atoms with E-state index in [1.54, 1.807) is 0 Å². The Morgan fingerprint density at radius 3 is 2.73 bits per heavy atom. The average molecular weight is 329 g/mol. The van der Waals surface area contributed by atoms with Crippen molar-refractivity contribution in [2.45, 2.75) is 45.2 Å². The molecular formula is C16H32N4OS. The topological polar surface area (TPSA) is 39.8 Å². The Balaban J connectivity index is 1.56. The van der Waals surface area contributed by atoms with Crippen LogP contribution in [0.15, 0.2) is 0 Å². The number of rotatable bonds is 6. The van der Waals surface area contributed by atoms with Gasteiger partial charge >= 0.3 is 0 Å². The molecule has 0 saturated carbocycles. The fourth-order valence-electron chi connectivity index (χ4n) is 3.35. The van der Waals surface area contributed by atoms with Gasteiger partial charge < -0.3 is 15.4 Å². The Kier molecular flexibility index (Phi) is 7.86. The normalized spacial score (nSPS) is 25.6. The largest absolute Gasteiger partial charge is 0.379 e. The highest BCUT2D eigenvalue weighted by Gasteiger charge is 2.22. The third kappa shape index (κ3) is 5.99. The van der Waals surface area contributed by atoms with E-state index in [9.17, 15) is 0 Å². The van der Waals surface area contributed by atoms with Gasteiger partial charge in [-0.2, -0.15) is 0 Å². The van der Waals surface area contributed by atoms with Gasteiger partial charge in [-0.05, 0) is 45.5 Å². The molecule has 2 unspecified atom stereocenters. The zero-order valence-corrected chi connectivity index (χ0v) is 15.0. The molecule has 5 nitrogen and oxygen atoms in total. The van der Waals surface area contributed by atoms with Gasteiger partial charge in [0, 0.05) is 44.8 Å². The summed E-state index contributed by atoms with van der Waals surface area (Å²) in [5.74, 6) is 0. The van der Waals surface area contributed by atoms with Crippen LogP contribution in [0.25, 0.3) is 0 Å². The molecule has 2 atom stereocenters. The summed E-state index contributed by atoms with van der Waals surface area (Å²) >= 11 is 5.39. The molecular weight excluding hydrogens is 296 g/mol. The molecule has 2 N–H and O–H groups in total. The standard InChI is InChI=1S/C16H32N4OS/c1-14-5-3-4-7-20(14)15(2)13-18-16(22)17-6-8-19-9-11-21-12-10-19/h14-15H,3-13H2,1-2H3,(H2,17,18,22). The van der Waals surface area contributed by atoms with E-state index < -0.39 is 0 Å². The Labute approximate surface area is 140 Å². The van der Waals surface area contributed by atoms with Gasteiger partial charge in [0.05, 0.1) is 13.2 Å². The Hall–Kier alpha value is -0.430. The molecule has 2 aliphatic heterocycles. The second kappa shape index (κ2) is 9.65. The van der Waals surface area contributed by atoms with E-state index in [-0.39, 0.29) is 0 Å². The van der Waals surface area contributed by atoms with Crippen LogP contribution in [0.3, 0.4) is 0 Å². The van der Waals surface area contributed by atoms with Crippen molar-refractivity contribution in [1.29, 1.82) is 0 Å². The van der Waals surface area contributed by atoms with Gasteiger partial charge in [0.2, 0.25) is 0 Å². The summed E-state index contributed by atoms with van der Waals surface area (Å²) < 4.78 is 5.35. The van der Waals surface area contributed by atoms with Crippen LogP contribution < -0.4 is 10.6 Å². The monoisotopic (exact) mass is 328 g/mol. The molecule has 2 heterocycles. The molecule has 6 heteroatoms. The van der Waals surface area contributed by atoms with Crippen LogP contribution in [0.2, 0.25) is 0 Å². The first-order chi connectivity index (χ1) is 10.7. The van der Waals surface area contributed by atoms with Gasteiger partial charge in [-0.15, -0.1) is 0 Å². The van der Waals surface area contributed by atoms with Crippen molar-refractivity contribution in [2.24, 2.45) is 0 Å². The molecule has 2 fully saturated rings.